The van der Waals surface area contributed by atoms with E-state index in [1.54, 1.807) is 24.3 Å². The number of pyridine rings is 1. The molecule has 1 aliphatic rings. The highest BCUT2D eigenvalue weighted by Gasteiger charge is 2.19. The fraction of sp³-hybridized carbons (Fsp3) is 0.389. The summed E-state index contributed by atoms with van der Waals surface area (Å²) in [7, 11) is -3.36. The number of ether oxygens (including phenoxy) is 2. The van der Waals surface area contributed by atoms with Gasteiger partial charge in [0.1, 0.15) is 11.6 Å². The van der Waals surface area contributed by atoms with Crippen LogP contribution in [-0.4, -0.2) is 31.9 Å². The summed E-state index contributed by atoms with van der Waals surface area (Å²) in [6, 6.07) is 9.09. The summed E-state index contributed by atoms with van der Waals surface area (Å²) in [6.07, 6.45) is 4.00. The molecule has 8 heteroatoms. The van der Waals surface area contributed by atoms with Gasteiger partial charge < -0.3 is 9.47 Å². The lowest BCUT2D eigenvalue weighted by Gasteiger charge is -2.11. The first-order chi connectivity index (χ1) is 12.5. The Balaban J connectivity index is 1.49. The lowest BCUT2D eigenvalue weighted by Crippen LogP contribution is -2.27. The number of sulfonamides is 1. The maximum absolute atomic E-state index is 13.1. The molecule has 1 N–H and O–H groups in total. The molecule has 1 aromatic heterocycles. The molecule has 1 aliphatic heterocycles. The van der Waals surface area contributed by atoms with E-state index < -0.39 is 15.8 Å². The molecule has 26 heavy (non-hydrogen) atoms. The number of halogens is 1. The summed E-state index contributed by atoms with van der Waals surface area (Å²) >= 11 is 0. The number of benzene rings is 1. The van der Waals surface area contributed by atoms with Gasteiger partial charge in [0.05, 0.1) is 11.9 Å². The largest absolute Gasteiger partial charge is 0.439 e. The molecule has 1 atom stereocenters. The van der Waals surface area contributed by atoms with Crippen LogP contribution in [0.1, 0.15) is 24.8 Å². The molecule has 140 valence electrons. The number of nitrogens with one attached hydrogen (secondary N) is 1. The van der Waals surface area contributed by atoms with E-state index in [0.29, 0.717) is 30.2 Å². The van der Waals surface area contributed by atoms with Crippen molar-refractivity contribution in [2.24, 2.45) is 0 Å². The molecule has 0 spiro atoms. The van der Waals surface area contributed by atoms with Crippen LogP contribution in [0.15, 0.2) is 42.6 Å². The normalized spacial score (nSPS) is 17.3. The highest BCUT2D eigenvalue weighted by molar-refractivity contribution is 7.89. The van der Waals surface area contributed by atoms with Gasteiger partial charge in [-0.3, -0.25) is 0 Å². The Morgan fingerprint density at radius 2 is 2.19 bits per heavy atom. The van der Waals surface area contributed by atoms with E-state index in [0.717, 1.165) is 12.8 Å². The van der Waals surface area contributed by atoms with E-state index >= 15 is 0 Å². The van der Waals surface area contributed by atoms with Gasteiger partial charge in [0.15, 0.2) is 0 Å². The van der Waals surface area contributed by atoms with E-state index in [1.165, 1.54) is 18.3 Å². The van der Waals surface area contributed by atoms with Crippen LogP contribution in [0.4, 0.5) is 4.39 Å². The van der Waals surface area contributed by atoms with Crippen molar-refractivity contribution >= 4 is 10.0 Å². The van der Waals surface area contributed by atoms with Crippen molar-refractivity contribution in [2.45, 2.75) is 31.9 Å². The summed E-state index contributed by atoms with van der Waals surface area (Å²) in [5.41, 5.74) is 0.706. The fourth-order valence-corrected chi connectivity index (χ4v) is 3.76. The third-order valence-electron chi connectivity index (χ3n) is 4.04. The first-order valence-electron chi connectivity index (χ1n) is 8.47. The second kappa shape index (κ2) is 8.57. The highest BCUT2D eigenvalue weighted by Crippen LogP contribution is 2.20. The zero-order valence-corrected chi connectivity index (χ0v) is 15.0. The second-order valence-corrected chi connectivity index (χ2v) is 8.05. The smallest absolute Gasteiger partial charge is 0.219 e. The molecule has 0 radical (unpaired) electrons. The molecule has 1 fully saturated rings. The molecule has 0 bridgehead atoms. The maximum Gasteiger partial charge on any atom is 0.219 e. The molecule has 0 amide bonds. The number of aromatic nitrogens is 1. The Morgan fingerprint density at radius 3 is 2.88 bits per heavy atom. The minimum absolute atomic E-state index is 0.0475. The van der Waals surface area contributed by atoms with Gasteiger partial charge in [0.2, 0.25) is 15.9 Å². The maximum atomic E-state index is 13.1. The first-order valence-corrected chi connectivity index (χ1v) is 10.1. The third-order valence-corrected chi connectivity index (χ3v) is 5.40. The van der Waals surface area contributed by atoms with E-state index in [9.17, 15) is 12.8 Å². The van der Waals surface area contributed by atoms with Crippen LogP contribution < -0.4 is 9.46 Å². The second-order valence-electron chi connectivity index (χ2n) is 6.13. The summed E-state index contributed by atoms with van der Waals surface area (Å²) in [5, 5.41) is 0. The van der Waals surface area contributed by atoms with Crippen LogP contribution in [0.3, 0.4) is 0 Å². The predicted octanol–water partition coefficient (Wildman–Crippen LogP) is 3.00. The lowest BCUT2D eigenvalue weighted by atomic mass is 10.2. The molecule has 3 rings (SSSR count). The van der Waals surface area contributed by atoms with Crippen molar-refractivity contribution < 1.29 is 22.3 Å². The van der Waals surface area contributed by atoms with Crippen molar-refractivity contribution in [1.29, 1.82) is 0 Å². The van der Waals surface area contributed by atoms with Crippen molar-refractivity contribution in [3.63, 3.8) is 0 Å². The Labute approximate surface area is 152 Å². The average molecular weight is 380 g/mol. The van der Waals surface area contributed by atoms with E-state index in [-0.39, 0.29) is 18.4 Å². The zero-order chi connectivity index (χ0) is 18.4. The molecule has 2 heterocycles. The molecular formula is C18H21FN2O4S. The number of nitrogens with zero attached hydrogens (tertiary/aromatic N) is 1. The molecule has 0 saturated carbocycles. The van der Waals surface area contributed by atoms with Gasteiger partial charge in [0.25, 0.3) is 0 Å². The van der Waals surface area contributed by atoms with Gasteiger partial charge in [-0.1, -0.05) is 12.1 Å². The summed E-state index contributed by atoms with van der Waals surface area (Å²) in [6.45, 7) is 0.870. The van der Waals surface area contributed by atoms with Gasteiger partial charge in [-0.05, 0) is 37.0 Å². The van der Waals surface area contributed by atoms with Crippen molar-refractivity contribution in [3.05, 3.63) is 54.0 Å². The lowest BCUT2D eigenvalue weighted by molar-refractivity contribution is 0.109. The Kier molecular flexibility index (Phi) is 6.18. The number of hydrogen-bond acceptors (Lipinski definition) is 5. The molecule has 1 unspecified atom stereocenters. The highest BCUT2D eigenvalue weighted by atomic mass is 32.2. The van der Waals surface area contributed by atoms with Crippen molar-refractivity contribution in [2.75, 3.05) is 12.4 Å². The zero-order valence-electron chi connectivity index (χ0n) is 14.2. The SMILES string of the molecule is O=S(=O)(CCC1CCCO1)NCc1ccc(Oc2cccc(F)c2)nc1. The topological polar surface area (TPSA) is 77.5 Å². The fourth-order valence-electron chi connectivity index (χ4n) is 2.65. The summed E-state index contributed by atoms with van der Waals surface area (Å²) in [5.74, 6) is 0.309. The third kappa shape index (κ3) is 5.76. The van der Waals surface area contributed by atoms with Gasteiger partial charge in [-0.25, -0.2) is 22.5 Å². The Morgan fingerprint density at radius 1 is 1.31 bits per heavy atom. The Bertz CT molecular complexity index is 821. The van der Waals surface area contributed by atoms with Gasteiger partial charge >= 0.3 is 0 Å². The van der Waals surface area contributed by atoms with Crippen LogP contribution in [0.25, 0.3) is 0 Å². The average Bonchev–Trinajstić information content (AvgIpc) is 3.13. The first kappa shape index (κ1) is 18.8. The Hall–Kier alpha value is -2.03. The predicted molar refractivity (Wildman–Crippen MR) is 94.9 cm³/mol. The summed E-state index contributed by atoms with van der Waals surface area (Å²) < 4.78 is 50.7. The number of rotatable bonds is 8. The van der Waals surface area contributed by atoms with Crippen molar-refractivity contribution in [3.8, 4) is 11.6 Å². The molecule has 1 aromatic carbocycles. The van der Waals surface area contributed by atoms with Gasteiger partial charge in [-0.15, -0.1) is 0 Å². The van der Waals surface area contributed by atoms with E-state index in [2.05, 4.69) is 9.71 Å². The van der Waals surface area contributed by atoms with Crippen LogP contribution >= 0.6 is 0 Å². The van der Waals surface area contributed by atoms with Crippen LogP contribution in [0.5, 0.6) is 11.6 Å². The molecule has 0 aliphatic carbocycles. The number of hydrogen-bond donors (Lipinski definition) is 1. The quantitative estimate of drug-likeness (QED) is 0.762. The minimum atomic E-state index is -3.36. The molecule has 1 saturated heterocycles. The summed E-state index contributed by atoms with van der Waals surface area (Å²) in [4.78, 5) is 4.11. The van der Waals surface area contributed by atoms with E-state index in [4.69, 9.17) is 9.47 Å². The van der Waals surface area contributed by atoms with Crippen molar-refractivity contribution in [1.82, 2.24) is 9.71 Å². The van der Waals surface area contributed by atoms with Crippen LogP contribution in [0.2, 0.25) is 0 Å². The minimum Gasteiger partial charge on any atom is -0.439 e. The standard InChI is InChI=1S/C18H21FN2O4S/c19-15-3-1-4-17(11-15)25-18-7-6-14(12-20-18)13-21-26(22,23)10-8-16-5-2-9-24-16/h1,3-4,6-7,11-12,16,21H,2,5,8-10,13H2. The van der Waals surface area contributed by atoms with Crippen LogP contribution in [-0.2, 0) is 21.3 Å². The van der Waals surface area contributed by atoms with Gasteiger partial charge in [-0.2, -0.15) is 0 Å². The molecule has 6 nitrogen and oxygen atoms in total. The van der Waals surface area contributed by atoms with E-state index in [1.807, 2.05) is 0 Å². The monoisotopic (exact) mass is 380 g/mol. The van der Waals surface area contributed by atoms with Gasteiger partial charge in [0, 0.05) is 31.5 Å². The molecular weight excluding hydrogens is 359 g/mol. The molecule has 2 aromatic rings. The van der Waals surface area contributed by atoms with Crippen LogP contribution in [0, 0.1) is 5.82 Å².